The summed E-state index contributed by atoms with van der Waals surface area (Å²) in [6.07, 6.45) is 5.24. The Kier molecular flexibility index (Phi) is 9.39. The van der Waals surface area contributed by atoms with Gasteiger partial charge in [0, 0.05) is 32.7 Å². The lowest BCUT2D eigenvalue weighted by Crippen LogP contribution is -2.46. The Labute approximate surface area is 174 Å². The van der Waals surface area contributed by atoms with Gasteiger partial charge >= 0.3 is 0 Å². The van der Waals surface area contributed by atoms with Gasteiger partial charge in [0.25, 0.3) is 0 Å². The molecule has 1 aliphatic rings. The minimum atomic E-state index is -0.0569. The van der Waals surface area contributed by atoms with Gasteiger partial charge in [0.05, 0.1) is 0 Å². The van der Waals surface area contributed by atoms with E-state index in [-0.39, 0.29) is 29.9 Å². The molecule has 3 N–H and O–H groups in total. The van der Waals surface area contributed by atoms with E-state index >= 15 is 0 Å². The highest BCUT2D eigenvalue weighted by Crippen LogP contribution is 2.45. The molecule has 6 heteroatoms. The van der Waals surface area contributed by atoms with Crippen molar-refractivity contribution in [3.63, 3.8) is 0 Å². The molecule has 0 atom stereocenters. The first kappa shape index (κ1) is 22.7. The number of benzene rings is 1. The number of nitrogens with one attached hydrogen (secondary N) is 3. The van der Waals surface area contributed by atoms with Crippen molar-refractivity contribution in [3.05, 3.63) is 29.8 Å². The second-order valence-electron chi connectivity index (χ2n) is 7.61. The number of hydrogen-bond donors (Lipinski definition) is 3. The first-order chi connectivity index (χ1) is 11.9. The van der Waals surface area contributed by atoms with Crippen molar-refractivity contribution in [2.75, 3.05) is 18.9 Å². The Morgan fingerprint density at radius 3 is 2.54 bits per heavy atom. The molecule has 1 amide bonds. The van der Waals surface area contributed by atoms with E-state index in [1.54, 1.807) is 7.05 Å². The molecule has 0 spiro atoms. The number of rotatable bonds is 7. The average molecular weight is 472 g/mol. The highest BCUT2D eigenvalue weighted by atomic mass is 127. The molecule has 1 fully saturated rings. The van der Waals surface area contributed by atoms with Crippen molar-refractivity contribution in [1.82, 2.24) is 10.6 Å². The van der Waals surface area contributed by atoms with Gasteiger partial charge in [-0.2, -0.15) is 0 Å². The molecule has 0 saturated heterocycles. The Hall–Kier alpha value is -1.31. The van der Waals surface area contributed by atoms with Gasteiger partial charge in [-0.1, -0.05) is 32.4 Å². The normalized spacial score (nSPS) is 15.7. The fourth-order valence-corrected chi connectivity index (χ4v) is 3.64. The predicted molar refractivity (Wildman–Crippen MR) is 120 cm³/mol. The summed E-state index contributed by atoms with van der Waals surface area (Å²) < 4.78 is 0. The Bertz CT molecular complexity index is 612. The summed E-state index contributed by atoms with van der Waals surface area (Å²) in [5, 5.41) is 9.68. The summed E-state index contributed by atoms with van der Waals surface area (Å²) in [7, 11) is 1.80. The van der Waals surface area contributed by atoms with Crippen molar-refractivity contribution in [2.24, 2.45) is 16.3 Å². The van der Waals surface area contributed by atoms with E-state index < -0.39 is 0 Å². The summed E-state index contributed by atoms with van der Waals surface area (Å²) in [6, 6.07) is 7.86. The van der Waals surface area contributed by atoms with E-state index in [2.05, 4.69) is 34.8 Å². The van der Waals surface area contributed by atoms with Crippen molar-refractivity contribution in [3.8, 4) is 0 Å². The van der Waals surface area contributed by atoms with Crippen LogP contribution in [0.3, 0.4) is 0 Å². The molecule has 5 nitrogen and oxygen atoms in total. The van der Waals surface area contributed by atoms with Crippen LogP contribution in [0, 0.1) is 11.3 Å². The number of hydrogen-bond acceptors (Lipinski definition) is 2. The Balaban J connectivity index is 0.00000338. The van der Waals surface area contributed by atoms with Crippen molar-refractivity contribution in [1.29, 1.82) is 0 Å². The number of carbonyl (C=O) groups excluding carboxylic acids is 1. The maximum absolute atomic E-state index is 11.2. The maximum Gasteiger partial charge on any atom is 0.221 e. The molecule has 1 aliphatic carbocycles. The van der Waals surface area contributed by atoms with Crippen LogP contribution in [0.25, 0.3) is 0 Å². The van der Waals surface area contributed by atoms with Gasteiger partial charge in [-0.25, -0.2) is 0 Å². The lowest BCUT2D eigenvalue weighted by Gasteiger charge is -2.43. The Morgan fingerprint density at radius 2 is 2.00 bits per heavy atom. The van der Waals surface area contributed by atoms with Crippen LogP contribution < -0.4 is 16.0 Å². The fourth-order valence-electron chi connectivity index (χ4n) is 3.64. The largest absolute Gasteiger partial charge is 0.356 e. The minimum Gasteiger partial charge on any atom is -0.356 e. The maximum atomic E-state index is 11.2. The number of halogens is 1. The van der Waals surface area contributed by atoms with Gasteiger partial charge in [-0.05, 0) is 48.3 Å². The summed E-state index contributed by atoms with van der Waals surface area (Å²) in [5.74, 6) is 1.51. The smallest absolute Gasteiger partial charge is 0.221 e. The number of amides is 1. The van der Waals surface area contributed by atoms with Crippen LogP contribution in [-0.2, 0) is 11.3 Å². The van der Waals surface area contributed by atoms with E-state index in [9.17, 15) is 4.79 Å². The summed E-state index contributed by atoms with van der Waals surface area (Å²) in [4.78, 5) is 15.5. The van der Waals surface area contributed by atoms with Crippen LogP contribution in [0.4, 0.5) is 5.69 Å². The quantitative estimate of drug-likeness (QED) is 0.318. The number of carbonyl (C=O) groups is 1. The van der Waals surface area contributed by atoms with Crippen LogP contribution in [0.1, 0.15) is 52.0 Å². The van der Waals surface area contributed by atoms with Crippen molar-refractivity contribution >= 4 is 41.5 Å². The zero-order chi connectivity index (χ0) is 18.3. The number of guanidine groups is 1. The van der Waals surface area contributed by atoms with E-state index in [4.69, 9.17) is 0 Å². The molecule has 1 aromatic rings. The molecule has 1 aromatic carbocycles. The molecule has 0 unspecified atom stereocenters. The average Bonchev–Trinajstić information content (AvgIpc) is 2.51. The molecular weight excluding hydrogens is 439 g/mol. The Morgan fingerprint density at radius 1 is 1.27 bits per heavy atom. The number of anilines is 1. The van der Waals surface area contributed by atoms with Gasteiger partial charge in [0.1, 0.15) is 0 Å². The molecule has 0 aromatic heterocycles. The summed E-state index contributed by atoms with van der Waals surface area (Å²) in [6.45, 7) is 7.77. The number of aliphatic imine (C=N–C) groups is 1. The highest BCUT2D eigenvalue weighted by molar-refractivity contribution is 14.0. The molecule has 146 valence electrons. The van der Waals surface area contributed by atoms with Crippen molar-refractivity contribution in [2.45, 2.75) is 53.0 Å². The van der Waals surface area contributed by atoms with Crippen LogP contribution in [-0.4, -0.2) is 25.5 Å². The first-order valence-corrected chi connectivity index (χ1v) is 9.23. The van der Waals surface area contributed by atoms with Gasteiger partial charge in [-0.3, -0.25) is 9.79 Å². The monoisotopic (exact) mass is 472 g/mol. The van der Waals surface area contributed by atoms with Crippen LogP contribution >= 0.6 is 24.0 Å². The molecule has 0 aliphatic heterocycles. The van der Waals surface area contributed by atoms with Crippen molar-refractivity contribution < 1.29 is 4.79 Å². The highest BCUT2D eigenvalue weighted by Gasteiger charge is 2.37. The molecule has 0 bridgehead atoms. The van der Waals surface area contributed by atoms with Gasteiger partial charge in [0.15, 0.2) is 5.96 Å². The third-order valence-electron chi connectivity index (χ3n) is 4.82. The molecule has 0 heterocycles. The zero-order valence-electron chi connectivity index (χ0n) is 16.4. The molecule has 2 rings (SSSR count). The SMILES string of the molecule is CN=C(NCc1cccc(NC(C)=O)c1)NCC1(CC(C)C)CCC1.I. The van der Waals surface area contributed by atoms with Crippen LogP contribution in [0.2, 0.25) is 0 Å². The molecular formula is C20H33IN4O. The molecule has 1 saturated carbocycles. The van der Waals surface area contributed by atoms with E-state index in [1.165, 1.54) is 32.6 Å². The zero-order valence-corrected chi connectivity index (χ0v) is 18.7. The molecule has 0 radical (unpaired) electrons. The second kappa shape index (κ2) is 10.7. The standard InChI is InChI=1S/C20H32N4O.HI/c1-15(2)12-20(9-6-10-20)14-23-19(21-4)22-13-17-7-5-8-18(11-17)24-16(3)25;/h5,7-8,11,15H,6,9-10,12-14H2,1-4H3,(H,24,25)(H2,21,22,23);1H. The van der Waals surface area contributed by atoms with Gasteiger partial charge in [-0.15, -0.1) is 24.0 Å². The topological polar surface area (TPSA) is 65.5 Å². The third kappa shape index (κ3) is 7.13. The van der Waals surface area contributed by atoms with Gasteiger partial charge < -0.3 is 16.0 Å². The van der Waals surface area contributed by atoms with E-state index in [0.717, 1.165) is 29.7 Å². The lowest BCUT2D eigenvalue weighted by atomic mass is 9.64. The van der Waals surface area contributed by atoms with Crippen LogP contribution in [0.5, 0.6) is 0 Å². The second-order valence-corrected chi connectivity index (χ2v) is 7.61. The summed E-state index contributed by atoms with van der Waals surface area (Å²) in [5.41, 5.74) is 2.37. The third-order valence-corrected chi connectivity index (χ3v) is 4.82. The van der Waals surface area contributed by atoms with Gasteiger partial charge in [0.2, 0.25) is 5.91 Å². The summed E-state index contributed by atoms with van der Waals surface area (Å²) >= 11 is 0. The van der Waals surface area contributed by atoms with E-state index in [0.29, 0.717) is 12.0 Å². The minimum absolute atomic E-state index is 0. The molecule has 26 heavy (non-hydrogen) atoms. The number of nitrogens with zero attached hydrogens (tertiary/aromatic N) is 1. The first-order valence-electron chi connectivity index (χ1n) is 9.23. The lowest BCUT2D eigenvalue weighted by molar-refractivity contribution is -0.114. The fraction of sp³-hybridized carbons (Fsp3) is 0.600. The van der Waals surface area contributed by atoms with Crippen LogP contribution in [0.15, 0.2) is 29.3 Å². The van der Waals surface area contributed by atoms with E-state index in [1.807, 2.05) is 24.3 Å². The predicted octanol–water partition coefficient (Wildman–Crippen LogP) is 4.14.